The van der Waals surface area contributed by atoms with Gasteiger partial charge in [-0.3, -0.25) is 0 Å². The topological polar surface area (TPSA) is 0 Å². The van der Waals surface area contributed by atoms with Crippen molar-refractivity contribution in [3.63, 3.8) is 0 Å². The van der Waals surface area contributed by atoms with Gasteiger partial charge in [0, 0.05) is 6.42 Å². The highest BCUT2D eigenvalue weighted by Crippen LogP contribution is 2.14. The lowest BCUT2D eigenvalue weighted by atomic mass is 10.0. The van der Waals surface area contributed by atoms with Gasteiger partial charge in [-0.2, -0.15) is 0 Å². The second-order valence-corrected chi connectivity index (χ2v) is 14.7. The third-order valence-corrected chi connectivity index (χ3v) is 12.2. The zero-order chi connectivity index (χ0) is 27.3. The summed E-state index contributed by atoms with van der Waals surface area (Å²) in [5.41, 5.74) is 3.92. The van der Waals surface area contributed by atoms with Gasteiger partial charge < -0.3 is 0 Å². The fourth-order valence-electron chi connectivity index (χ4n) is 5.74. The third-order valence-electron chi connectivity index (χ3n) is 8.05. The van der Waals surface area contributed by atoms with Gasteiger partial charge in [-0.15, -0.1) is 11.5 Å². The average molecular weight is 537 g/mol. The van der Waals surface area contributed by atoms with Crippen molar-refractivity contribution in [3.8, 4) is 11.5 Å². The lowest BCUT2D eigenvalue weighted by molar-refractivity contribution is 0.530. The molecule has 3 aromatic carbocycles. The fraction of sp³-hybridized carbons (Fsp3) is 0.474. The van der Waals surface area contributed by atoms with Crippen LogP contribution in [0.5, 0.6) is 0 Å². The van der Waals surface area contributed by atoms with Gasteiger partial charge in [0.15, 0.2) is 0 Å². The zero-order valence-electron chi connectivity index (χ0n) is 24.7. The Hall–Kier alpha value is -2.56. The maximum atomic E-state index is 3.92. The molecule has 0 spiro atoms. The summed E-state index contributed by atoms with van der Waals surface area (Å²) in [4.78, 5) is 0. The Kier molecular flexibility index (Phi) is 15.5. The van der Waals surface area contributed by atoms with Crippen LogP contribution in [-0.2, 0) is 0 Å². The van der Waals surface area contributed by atoms with Crippen molar-refractivity contribution in [2.24, 2.45) is 0 Å². The standard InChI is InChI=1S/C38H52Si/c1-2-3-4-5-6-7-8-9-10-11-12-13-14-15-16-17-18-28-35-39(36-29-22-19-23-30-36,37-31-24-20-25-32-37)38-33-26-21-27-34-38/h19-27,29-34H,2-18H2,1H3. The van der Waals surface area contributed by atoms with Crippen molar-refractivity contribution in [1.29, 1.82) is 0 Å². The number of unbranched alkanes of at least 4 members (excludes halogenated alkanes) is 16. The summed E-state index contributed by atoms with van der Waals surface area (Å²) in [6, 6.07) is 33.1. The van der Waals surface area contributed by atoms with Crippen molar-refractivity contribution in [3.05, 3.63) is 91.0 Å². The van der Waals surface area contributed by atoms with Crippen LogP contribution in [-0.4, -0.2) is 8.07 Å². The molecule has 0 aliphatic carbocycles. The molecular weight excluding hydrogens is 485 g/mol. The first-order valence-corrected chi connectivity index (χ1v) is 18.0. The fourth-order valence-corrected chi connectivity index (χ4v) is 9.64. The molecule has 3 rings (SSSR count). The predicted molar refractivity (Wildman–Crippen MR) is 176 cm³/mol. The first-order valence-electron chi connectivity index (χ1n) is 16.0. The minimum Gasteiger partial charge on any atom is -0.114 e. The van der Waals surface area contributed by atoms with E-state index in [0.29, 0.717) is 0 Å². The normalized spacial score (nSPS) is 11.2. The average Bonchev–Trinajstić information content (AvgIpc) is 3.00. The second-order valence-electron chi connectivity index (χ2n) is 11.2. The Balaban J connectivity index is 1.40. The highest BCUT2D eigenvalue weighted by Gasteiger charge is 2.38. The Labute approximate surface area is 241 Å². The monoisotopic (exact) mass is 536 g/mol. The summed E-state index contributed by atoms with van der Waals surface area (Å²) >= 11 is 0. The molecule has 0 atom stereocenters. The molecule has 0 radical (unpaired) electrons. The van der Waals surface area contributed by atoms with Crippen LogP contribution >= 0.6 is 0 Å². The molecule has 0 N–H and O–H groups in total. The van der Waals surface area contributed by atoms with Gasteiger partial charge in [0.1, 0.15) is 0 Å². The smallest absolute Gasteiger partial charge is 0.114 e. The molecule has 0 aliphatic rings. The van der Waals surface area contributed by atoms with E-state index in [1.807, 2.05) is 0 Å². The van der Waals surface area contributed by atoms with Crippen molar-refractivity contribution in [2.45, 2.75) is 116 Å². The molecule has 0 aromatic heterocycles. The maximum absolute atomic E-state index is 3.92. The summed E-state index contributed by atoms with van der Waals surface area (Å²) in [6.45, 7) is 2.30. The Morgan fingerprint density at radius 2 is 0.718 bits per heavy atom. The van der Waals surface area contributed by atoms with E-state index in [2.05, 4.69) is 109 Å². The van der Waals surface area contributed by atoms with Crippen molar-refractivity contribution in [1.82, 2.24) is 0 Å². The number of hydrogen-bond acceptors (Lipinski definition) is 0. The van der Waals surface area contributed by atoms with Crippen LogP contribution in [0.3, 0.4) is 0 Å². The Bertz CT molecular complexity index is 949. The van der Waals surface area contributed by atoms with Gasteiger partial charge in [-0.1, -0.05) is 194 Å². The highest BCUT2D eigenvalue weighted by molar-refractivity contribution is 7.16. The molecule has 0 fully saturated rings. The molecular formula is C38H52Si. The summed E-state index contributed by atoms with van der Waals surface area (Å²) in [6.07, 6.45) is 23.5. The first kappa shape index (κ1) is 31.0. The Morgan fingerprint density at radius 3 is 1.05 bits per heavy atom. The number of rotatable bonds is 19. The van der Waals surface area contributed by atoms with Gasteiger partial charge in [0.25, 0.3) is 0 Å². The van der Waals surface area contributed by atoms with E-state index in [1.165, 1.54) is 118 Å². The molecule has 0 saturated carbocycles. The van der Waals surface area contributed by atoms with Crippen LogP contribution in [0.1, 0.15) is 116 Å². The number of hydrogen-bond donors (Lipinski definition) is 0. The van der Waals surface area contributed by atoms with Crippen molar-refractivity contribution >= 4 is 23.6 Å². The second kappa shape index (κ2) is 19.5. The molecule has 0 aliphatic heterocycles. The molecule has 0 saturated heterocycles. The van der Waals surface area contributed by atoms with E-state index < -0.39 is 8.07 Å². The van der Waals surface area contributed by atoms with Gasteiger partial charge in [0.05, 0.1) is 0 Å². The van der Waals surface area contributed by atoms with Crippen LogP contribution in [0.25, 0.3) is 0 Å². The van der Waals surface area contributed by atoms with Gasteiger partial charge in [-0.25, -0.2) is 0 Å². The SMILES string of the molecule is CCCCCCCCCCCCCCCCCCC#C[Si](c1ccccc1)(c1ccccc1)c1ccccc1. The van der Waals surface area contributed by atoms with E-state index in [0.717, 1.165) is 6.42 Å². The first-order chi connectivity index (χ1) is 19.4. The molecule has 0 unspecified atom stereocenters. The minimum absolute atomic E-state index is 1.000. The van der Waals surface area contributed by atoms with Gasteiger partial charge in [0.2, 0.25) is 8.07 Å². The summed E-state index contributed by atoms with van der Waals surface area (Å²) in [5, 5.41) is 4.13. The van der Waals surface area contributed by atoms with E-state index >= 15 is 0 Å². The quantitative estimate of drug-likeness (QED) is 0.0619. The van der Waals surface area contributed by atoms with E-state index in [-0.39, 0.29) is 0 Å². The largest absolute Gasteiger partial charge is 0.229 e. The lowest BCUT2D eigenvalue weighted by Crippen LogP contribution is -2.66. The predicted octanol–water partition coefficient (Wildman–Crippen LogP) is 9.35. The summed E-state index contributed by atoms with van der Waals surface area (Å²) in [7, 11) is -2.40. The van der Waals surface area contributed by atoms with Crippen LogP contribution < -0.4 is 15.6 Å². The molecule has 0 heterocycles. The molecule has 39 heavy (non-hydrogen) atoms. The summed E-state index contributed by atoms with van der Waals surface area (Å²) in [5.74, 6) is 3.68. The van der Waals surface area contributed by atoms with Crippen molar-refractivity contribution < 1.29 is 0 Å². The summed E-state index contributed by atoms with van der Waals surface area (Å²) < 4.78 is 0. The third kappa shape index (κ3) is 10.8. The molecule has 208 valence electrons. The molecule has 3 aromatic rings. The van der Waals surface area contributed by atoms with Crippen molar-refractivity contribution in [2.75, 3.05) is 0 Å². The van der Waals surface area contributed by atoms with Gasteiger partial charge >= 0.3 is 0 Å². The highest BCUT2D eigenvalue weighted by atomic mass is 28.3. The molecule has 0 nitrogen and oxygen atoms in total. The lowest BCUT2D eigenvalue weighted by Gasteiger charge is -2.28. The zero-order valence-corrected chi connectivity index (χ0v) is 25.7. The van der Waals surface area contributed by atoms with Crippen LogP contribution in [0.4, 0.5) is 0 Å². The minimum atomic E-state index is -2.40. The van der Waals surface area contributed by atoms with Crippen LogP contribution in [0.15, 0.2) is 91.0 Å². The number of benzene rings is 3. The molecule has 0 bridgehead atoms. The van der Waals surface area contributed by atoms with E-state index in [9.17, 15) is 0 Å². The van der Waals surface area contributed by atoms with Crippen LogP contribution in [0.2, 0.25) is 0 Å². The maximum Gasteiger partial charge on any atom is 0.229 e. The Morgan fingerprint density at radius 1 is 0.410 bits per heavy atom. The van der Waals surface area contributed by atoms with Gasteiger partial charge in [-0.05, 0) is 22.0 Å². The van der Waals surface area contributed by atoms with E-state index in [4.69, 9.17) is 0 Å². The molecule has 0 amide bonds. The molecule has 1 heteroatoms. The van der Waals surface area contributed by atoms with E-state index in [1.54, 1.807) is 0 Å². The van der Waals surface area contributed by atoms with Crippen LogP contribution in [0, 0.1) is 11.5 Å².